The molecule has 0 bridgehead atoms. The number of rotatable bonds is 63. The van der Waals surface area contributed by atoms with E-state index < -0.39 is 26.5 Å². The molecule has 10 heteroatoms. The molecule has 468 valence electrons. The van der Waals surface area contributed by atoms with Gasteiger partial charge in [0.1, 0.15) is 19.8 Å². The average molecular weight is 1150 g/mol. The van der Waals surface area contributed by atoms with Gasteiger partial charge in [0, 0.05) is 12.8 Å². The van der Waals surface area contributed by atoms with Crippen LogP contribution in [0, 0.1) is 0 Å². The van der Waals surface area contributed by atoms with E-state index in [-0.39, 0.29) is 32.0 Å². The number of nitrogens with zero attached hydrogens (tertiary/aromatic N) is 1. The summed E-state index contributed by atoms with van der Waals surface area (Å²) in [4.78, 5) is 35.8. The highest BCUT2D eigenvalue weighted by molar-refractivity contribution is 7.47. The fourth-order valence-electron chi connectivity index (χ4n) is 9.83. The van der Waals surface area contributed by atoms with Crippen molar-refractivity contribution in [3.05, 3.63) is 60.8 Å². The maximum absolute atomic E-state index is 12.8. The first-order chi connectivity index (χ1) is 39.0. The van der Waals surface area contributed by atoms with E-state index >= 15 is 0 Å². The molecule has 0 rings (SSSR count). The smallest absolute Gasteiger partial charge is 0.462 e. The molecule has 2 unspecified atom stereocenters. The minimum Gasteiger partial charge on any atom is -0.462 e. The number of carbonyl (C=O) groups excluding carboxylic acids is 2. The molecule has 0 fully saturated rings. The van der Waals surface area contributed by atoms with Gasteiger partial charge in [0.15, 0.2) is 6.10 Å². The van der Waals surface area contributed by atoms with Gasteiger partial charge in [-0.25, -0.2) is 4.57 Å². The molecule has 0 saturated carbocycles. The van der Waals surface area contributed by atoms with Gasteiger partial charge < -0.3 is 18.9 Å². The molecule has 1 N–H and O–H groups in total. The third kappa shape index (κ3) is 64.9. The summed E-state index contributed by atoms with van der Waals surface area (Å²) in [7, 11) is 1.47. The Balaban J connectivity index is 3.94. The number of quaternary nitrogens is 1. The van der Waals surface area contributed by atoms with Gasteiger partial charge in [-0.2, -0.15) is 0 Å². The number of likely N-dealkylation sites (N-methyl/N-ethyl adjacent to an activating group) is 1. The van der Waals surface area contributed by atoms with Crippen LogP contribution in [0.5, 0.6) is 0 Å². The van der Waals surface area contributed by atoms with E-state index in [1.54, 1.807) is 0 Å². The summed E-state index contributed by atoms with van der Waals surface area (Å²) in [6, 6.07) is 0. The standard InChI is InChI=1S/C70H130NO8P/c1-6-8-10-12-14-16-18-20-22-24-26-27-28-29-30-31-32-33-34-35-36-37-38-39-40-41-42-43-45-46-48-50-52-54-56-58-60-62-69(72)76-66-68(67-78-80(74,75)77-65-64-71(3,4)5)79-70(73)63-61-59-57-55-53-51-49-47-44-25-23-21-19-17-15-13-11-9-7-2/h9,11,15,17,21,23-24,26,44,47,68H,6-8,10,12-14,16,18-20,22,25,27-43,45-46,48-67H2,1-5H3/p+1/b11-9-,17-15-,23-21-,26-24-,47-44-. The molecule has 0 aromatic rings. The fourth-order valence-corrected chi connectivity index (χ4v) is 10.6. The number of allylic oxidation sites excluding steroid dienone is 10. The second kappa shape index (κ2) is 61.3. The van der Waals surface area contributed by atoms with Crippen LogP contribution >= 0.6 is 7.82 Å². The van der Waals surface area contributed by atoms with Crippen LogP contribution in [0.1, 0.15) is 322 Å². The zero-order valence-corrected chi connectivity index (χ0v) is 54.2. The Kier molecular flexibility index (Phi) is 59.5. The molecule has 0 radical (unpaired) electrons. The molecule has 0 aliphatic rings. The molecule has 0 spiro atoms. The van der Waals surface area contributed by atoms with Gasteiger partial charge in [-0.15, -0.1) is 0 Å². The second-order valence-corrected chi connectivity index (χ2v) is 25.6. The van der Waals surface area contributed by atoms with Gasteiger partial charge in [0.25, 0.3) is 0 Å². The summed E-state index contributed by atoms with van der Waals surface area (Å²) in [6.07, 6.45) is 80.6. The molecule has 80 heavy (non-hydrogen) atoms. The predicted molar refractivity (Wildman–Crippen MR) is 344 cm³/mol. The maximum Gasteiger partial charge on any atom is 0.472 e. The van der Waals surface area contributed by atoms with E-state index in [4.69, 9.17) is 18.5 Å². The SMILES string of the molecule is CC/C=C\C/C=C\C/C=C\C/C=C\CCCCCCCCC(=O)OC(COC(=O)CCCCCCCCCCCCCCCCCCCCCCCCCCC/C=C\CCCCCCCCCC)COP(=O)(O)OCC[N+](C)(C)C. The predicted octanol–water partition coefficient (Wildman–Crippen LogP) is 21.8. The highest BCUT2D eigenvalue weighted by Gasteiger charge is 2.27. The summed E-state index contributed by atoms with van der Waals surface area (Å²) in [5.74, 6) is -0.803. The fraction of sp³-hybridized carbons (Fsp3) is 0.829. The lowest BCUT2D eigenvalue weighted by Crippen LogP contribution is -2.37. The third-order valence-corrected chi connectivity index (χ3v) is 16.0. The number of phosphoric ester groups is 1. The van der Waals surface area contributed by atoms with Crippen LogP contribution in [0.3, 0.4) is 0 Å². The Morgan fingerprint density at radius 1 is 0.400 bits per heavy atom. The molecule has 0 saturated heterocycles. The molecule has 9 nitrogen and oxygen atoms in total. The first kappa shape index (κ1) is 77.7. The van der Waals surface area contributed by atoms with Crippen LogP contribution in [0.25, 0.3) is 0 Å². The number of unbranched alkanes of at least 4 members (excludes halogenated alkanes) is 39. The minimum absolute atomic E-state index is 0.0280. The minimum atomic E-state index is -4.39. The molecule has 0 amide bonds. The van der Waals surface area contributed by atoms with E-state index in [0.717, 1.165) is 83.5 Å². The van der Waals surface area contributed by atoms with Crippen molar-refractivity contribution in [1.29, 1.82) is 0 Å². The van der Waals surface area contributed by atoms with Crippen molar-refractivity contribution in [2.75, 3.05) is 47.5 Å². The van der Waals surface area contributed by atoms with Crippen molar-refractivity contribution >= 4 is 19.8 Å². The van der Waals surface area contributed by atoms with Crippen molar-refractivity contribution < 1.29 is 42.1 Å². The van der Waals surface area contributed by atoms with Crippen molar-refractivity contribution in [2.45, 2.75) is 328 Å². The summed E-state index contributed by atoms with van der Waals surface area (Å²) < 4.78 is 34.6. The summed E-state index contributed by atoms with van der Waals surface area (Å²) in [6.45, 7) is 4.34. The summed E-state index contributed by atoms with van der Waals surface area (Å²) >= 11 is 0. The molecule has 0 aromatic carbocycles. The Hall–Kier alpha value is -2.29. The summed E-state index contributed by atoms with van der Waals surface area (Å²) in [5.41, 5.74) is 0. The normalized spacial score (nSPS) is 13.5. The second-order valence-electron chi connectivity index (χ2n) is 24.2. The van der Waals surface area contributed by atoms with Gasteiger partial charge in [-0.1, -0.05) is 293 Å². The van der Waals surface area contributed by atoms with Crippen LogP contribution < -0.4 is 0 Å². The van der Waals surface area contributed by atoms with Crippen LogP contribution in [0.4, 0.5) is 0 Å². The molecule has 0 aliphatic carbocycles. The Bertz CT molecular complexity index is 1530. The lowest BCUT2D eigenvalue weighted by molar-refractivity contribution is -0.870. The van der Waals surface area contributed by atoms with Crippen LogP contribution in [-0.4, -0.2) is 74.9 Å². The first-order valence-electron chi connectivity index (χ1n) is 34.0. The Morgan fingerprint density at radius 3 is 1.07 bits per heavy atom. The number of hydrogen-bond donors (Lipinski definition) is 1. The zero-order valence-electron chi connectivity index (χ0n) is 53.3. The Labute approximate surface area is 496 Å². The lowest BCUT2D eigenvalue weighted by Gasteiger charge is -2.24. The topological polar surface area (TPSA) is 108 Å². The highest BCUT2D eigenvalue weighted by Crippen LogP contribution is 2.43. The lowest BCUT2D eigenvalue weighted by atomic mass is 10.0. The number of carbonyl (C=O) groups is 2. The van der Waals surface area contributed by atoms with E-state index in [9.17, 15) is 19.0 Å². The van der Waals surface area contributed by atoms with Crippen molar-refractivity contribution in [1.82, 2.24) is 0 Å². The quantitative estimate of drug-likeness (QED) is 0.0211. The first-order valence-corrected chi connectivity index (χ1v) is 35.5. The zero-order chi connectivity index (χ0) is 58.4. The van der Waals surface area contributed by atoms with Crippen molar-refractivity contribution in [3.63, 3.8) is 0 Å². The van der Waals surface area contributed by atoms with Crippen molar-refractivity contribution in [2.24, 2.45) is 0 Å². The van der Waals surface area contributed by atoms with Gasteiger partial charge in [-0.3, -0.25) is 18.6 Å². The molecular weight excluding hydrogens is 1010 g/mol. The van der Waals surface area contributed by atoms with Gasteiger partial charge in [-0.05, 0) is 77.0 Å². The van der Waals surface area contributed by atoms with E-state index in [0.29, 0.717) is 17.4 Å². The molecular formula is C70H131NO8P+. The largest absolute Gasteiger partial charge is 0.472 e. The molecule has 2 atom stereocenters. The maximum atomic E-state index is 12.8. The Morgan fingerprint density at radius 2 is 0.713 bits per heavy atom. The van der Waals surface area contributed by atoms with Crippen LogP contribution in [-0.2, 0) is 32.7 Å². The van der Waals surface area contributed by atoms with Gasteiger partial charge in [0.05, 0.1) is 27.7 Å². The number of esters is 2. The monoisotopic (exact) mass is 1140 g/mol. The highest BCUT2D eigenvalue weighted by atomic mass is 31.2. The van der Waals surface area contributed by atoms with E-state index in [1.807, 2.05) is 21.1 Å². The van der Waals surface area contributed by atoms with Crippen LogP contribution in [0.2, 0.25) is 0 Å². The average Bonchev–Trinajstić information content (AvgIpc) is 3.42. The van der Waals surface area contributed by atoms with Gasteiger partial charge >= 0.3 is 19.8 Å². The van der Waals surface area contributed by atoms with E-state index in [1.165, 1.54) is 205 Å². The van der Waals surface area contributed by atoms with E-state index in [2.05, 4.69) is 74.6 Å². The van der Waals surface area contributed by atoms with Gasteiger partial charge in [0.2, 0.25) is 0 Å². The van der Waals surface area contributed by atoms with Crippen LogP contribution in [0.15, 0.2) is 60.8 Å². The molecule has 0 aliphatic heterocycles. The molecule has 0 aromatic heterocycles. The third-order valence-electron chi connectivity index (χ3n) is 15.0. The number of ether oxygens (including phenoxy) is 2. The number of phosphoric acid groups is 1. The number of hydrogen-bond acceptors (Lipinski definition) is 7. The summed E-state index contributed by atoms with van der Waals surface area (Å²) in [5, 5.41) is 0. The van der Waals surface area contributed by atoms with Crippen molar-refractivity contribution in [3.8, 4) is 0 Å². The molecule has 0 heterocycles.